The van der Waals surface area contributed by atoms with E-state index in [4.69, 9.17) is 0 Å². The molecule has 3 nitrogen and oxygen atoms in total. The summed E-state index contributed by atoms with van der Waals surface area (Å²) in [5.74, 6) is -0.112. The van der Waals surface area contributed by atoms with Crippen LogP contribution in [0, 0.1) is 5.82 Å². The first-order valence-corrected chi connectivity index (χ1v) is 7.53. The Hall–Kier alpha value is -1.13. The maximum atomic E-state index is 14.1. The molecule has 20 heavy (non-hydrogen) atoms. The van der Waals surface area contributed by atoms with E-state index in [-0.39, 0.29) is 5.82 Å². The zero-order chi connectivity index (χ0) is 14.5. The highest BCUT2D eigenvalue weighted by molar-refractivity contribution is 5.54. The Kier molecular flexibility index (Phi) is 5.38. The lowest BCUT2D eigenvalue weighted by molar-refractivity contribution is 0.247. The highest BCUT2D eigenvalue weighted by atomic mass is 19.1. The summed E-state index contributed by atoms with van der Waals surface area (Å²) in [5.41, 5.74) is 1.80. The van der Waals surface area contributed by atoms with Gasteiger partial charge in [-0.15, -0.1) is 0 Å². The predicted octanol–water partition coefficient (Wildman–Crippen LogP) is 2.47. The molecule has 0 bridgehead atoms. The monoisotopic (exact) mass is 279 g/mol. The Labute approximate surface area is 121 Å². The molecule has 1 heterocycles. The highest BCUT2D eigenvalue weighted by Crippen LogP contribution is 2.26. The van der Waals surface area contributed by atoms with Crippen molar-refractivity contribution in [2.75, 3.05) is 38.6 Å². The van der Waals surface area contributed by atoms with Crippen LogP contribution in [0.2, 0.25) is 0 Å². The summed E-state index contributed by atoms with van der Waals surface area (Å²) in [5, 5.41) is 3.24. The van der Waals surface area contributed by atoms with Gasteiger partial charge in [0.05, 0.1) is 0 Å². The quantitative estimate of drug-likeness (QED) is 0.893. The number of nitrogens with zero attached hydrogens (tertiary/aromatic N) is 2. The number of anilines is 1. The fourth-order valence-electron chi connectivity index (χ4n) is 2.95. The summed E-state index contributed by atoms with van der Waals surface area (Å²) in [4.78, 5) is 4.61. The van der Waals surface area contributed by atoms with Crippen LogP contribution in [-0.2, 0) is 6.54 Å². The highest BCUT2D eigenvalue weighted by Gasteiger charge is 2.23. The van der Waals surface area contributed by atoms with E-state index in [1.807, 2.05) is 19.1 Å². The van der Waals surface area contributed by atoms with Gasteiger partial charge in [-0.25, -0.2) is 4.39 Å². The number of likely N-dealkylation sites (tertiary alicyclic amines) is 1. The van der Waals surface area contributed by atoms with Gasteiger partial charge >= 0.3 is 0 Å². The fourth-order valence-corrected chi connectivity index (χ4v) is 2.95. The lowest BCUT2D eigenvalue weighted by Gasteiger charge is -2.38. The summed E-state index contributed by atoms with van der Waals surface area (Å²) in [6, 6.07) is 5.86. The summed E-state index contributed by atoms with van der Waals surface area (Å²) < 4.78 is 14.1. The molecule has 0 radical (unpaired) electrons. The Balaban J connectivity index is 2.19. The van der Waals surface area contributed by atoms with Crippen LogP contribution in [-0.4, -0.2) is 44.7 Å². The number of likely N-dealkylation sites (N-methyl/N-ethyl adjacent to an activating group) is 2. The van der Waals surface area contributed by atoms with Crippen molar-refractivity contribution in [3.63, 3.8) is 0 Å². The van der Waals surface area contributed by atoms with Crippen LogP contribution in [0.3, 0.4) is 0 Å². The molecule has 1 aromatic rings. The van der Waals surface area contributed by atoms with E-state index in [2.05, 4.69) is 29.2 Å². The number of hydrogen-bond acceptors (Lipinski definition) is 3. The zero-order valence-corrected chi connectivity index (χ0v) is 12.8. The number of rotatable bonds is 5. The second-order valence-corrected chi connectivity index (χ2v) is 5.69. The number of hydrogen-bond donors (Lipinski definition) is 1. The molecule has 1 saturated heterocycles. The minimum atomic E-state index is -0.112. The van der Waals surface area contributed by atoms with E-state index in [9.17, 15) is 4.39 Å². The van der Waals surface area contributed by atoms with Crippen LogP contribution in [0.1, 0.15) is 25.3 Å². The summed E-state index contributed by atoms with van der Waals surface area (Å²) in [6.45, 7) is 5.70. The van der Waals surface area contributed by atoms with Crippen LogP contribution >= 0.6 is 0 Å². The van der Waals surface area contributed by atoms with E-state index in [1.165, 1.54) is 12.8 Å². The van der Waals surface area contributed by atoms with Crippen LogP contribution < -0.4 is 10.2 Å². The van der Waals surface area contributed by atoms with Crippen molar-refractivity contribution in [1.82, 2.24) is 10.2 Å². The fraction of sp³-hybridized carbons (Fsp3) is 0.625. The Morgan fingerprint density at radius 1 is 1.45 bits per heavy atom. The molecule has 4 heteroatoms. The van der Waals surface area contributed by atoms with Gasteiger partial charge in [0.2, 0.25) is 0 Å². The lowest BCUT2D eigenvalue weighted by Crippen LogP contribution is -2.45. The van der Waals surface area contributed by atoms with Crippen molar-refractivity contribution < 1.29 is 4.39 Å². The molecule has 0 saturated carbocycles. The van der Waals surface area contributed by atoms with Gasteiger partial charge in [0.1, 0.15) is 5.82 Å². The second kappa shape index (κ2) is 7.04. The van der Waals surface area contributed by atoms with Gasteiger partial charge in [-0.1, -0.05) is 13.0 Å². The Morgan fingerprint density at radius 2 is 2.25 bits per heavy atom. The number of benzene rings is 1. The maximum absolute atomic E-state index is 14.1. The van der Waals surface area contributed by atoms with E-state index in [0.717, 1.165) is 30.9 Å². The summed E-state index contributed by atoms with van der Waals surface area (Å²) >= 11 is 0. The van der Waals surface area contributed by atoms with Gasteiger partial charge in [-0.05, 0) is 45.1 Å². The molecule has 112 valence electrons. The Morgan fingerprint density at radius 3 is 2.95 bits per heavy atom. The molecule has 1 atom stereocenters. The van der Waals surface area contributed by atoms with Crippen LogP contribution in [0.5, 0.6) is 0 Å². The van der Waals surface area contributed by atoms with Crippen molar-refractivity contribution in [3.05, 3.63) is 29.6 Å². The normalized spacial score (nSPS) is 20.1. The van der Waals surface area contributed by atoms with Gasteiger partial charge in [0, 0.05) is 37.4 Å². The molecular weight excluding hydrogens is 253 g/mol. The molecule has 1 unspecified atom stereocenters. The largest absolute Gasteiger partial charge is 0.370 e. The lowest BCUT2D eigenvalue weighted by atomic mass is 10.0. The minimum absolute atomic E-state index is 0.112. The average Bonchev–Trinajstić information content (AvgIpc) is 2.45. The predicted molar refractivity (Wildman–Crippen MR) is 82.7 cm³/mol. The van der Waals surface area contributed by atoms with Gasteiger partial charge in [0.15, 0.2) is 0 Å². The second-order valence-electron chi connectivity index (χ2n) is 5.69. The molecule has 1 fully saturated rings. The van der Waals surface area contributed by atoms with Crippen molar-refractivity contribution in [1.29, 1.82) is 0 Å². The maximum Gasteiger partial charge on any atom is 0.129 e. The van der Waals surface area contributed by atoms with E-state index in [1.54, 1.807) is 6.07 Å². The van der Waals surface area contributed by atoms with Crippen molar-refractivity contribution in [3.8, 4) is 0 Å². The number of piperidine rings is 1. The van der Waals surface area contributed by atoms with E-state index >= 15 is 0 Å². The van der Waals surface area contributed by atoms with Gasteiger partial charge < -0.3 is 15.1 Å². The first-order valence-electron chi connectivity index (χ1n) is 7.53. The average molecular weight is 279 g/mol. The van der Waals surface area contributed by atoms with E-state index in [0.29, 0.717) is 12.6 Å². The third-order valence-electron chi connectivity index (χ3n) is 4.17. The molecular formula is C16H26FN3. The topological polar surface area (TPSA) is 18.5 Å². The molecule has 1 aliphatic rings. The standard InChI is InChI=1S/C16H26FN3/c1-4-18-11-14-15(17)8-5-9-16(14)20(3)13-7-6-10-19(2)12-13/h5,8-9,13,18H,4,6-7,10-12H2,1-3H3. The molecule has 2 rings (SSSR count). The molecule has 0 aliphatic carbocycles. The number of nitrogens with one attached hydrogen (secondary N) is 1. The molecule has 1 N–H and O–H groups in total. The van der Waals surface area contributed by atoms with Crippen molar-refractivity contribution in [2.24, 2.45) is 0 Å². The molecule has 0 aromatic heterocycles. The molecule has 0 amide bonds. The smallest absolute Gasteiger partial charge is 0.129 e. The van der Waals surface area contributed by atoms with Crippen molar-refractivity contribution >= 4 is 5.69 Å². The minimum Gasteiger partial charge on any atom is -0.370 e. The summed E-state index contributed by atoms with van der Waals surface area (Å²) in [7, 11) is 4.25. The first kappa shape index (κ1) is 15.3. The Bertz CT molecular complexity index is 436. The van der Waals surface area contributed by atoms with Crippen LogP contribution in [0.15, 0.2) is 18.2 Å². The third-order valence-corrected chi connectivity index (χ3v) is 4.17. The number of halogens is 1. The van der Waals surface area contributed by atoms with Gasteiger partial charge in [0.25, 0.3) is 0 Å². The van der Waals surface area contributed by atoms with Crippen LogP contribution in [0.4, 0.5) is 10.1 Å². The van der Waals surface area contributed by atoms with Gasteiger partial charge in [-0.2, -0.15) is 0 Å². The van der Waals surface area contributed by atoms with Gasteiger partial charge in [-0.3, -0.25) is 0 Å². The SMILES string of the molecule is CCNCc1c(F)cccc1N(C)C1CCCN(C)C1. The van der Waals surface area contributed by atoms with Crippen LogP contribution in [0.25, 0.3) is 0 Å². The molecule has 1 aliphatic heterocycles. The zero-order valence-electron chi connectivity index (χ0n) is 12.8. The molecule has 1 aromatic carbocycles. The molecule has 0 spiro atoms. The van der Waals surface area contributed by atoms with Crippen molar-refractivity contribution in [2.45, 2.75) is 32.4 Å². The third kappa shape index (κ3) is 3.49. The summed E-state index contributed by atoms with van der Waals surface area (Å²) in [6.07, 6.45) is 2.39. The van der Waals surface area contributed by atoms with E-state index < -0.39 is 0 Å². The first-order chi connectivity index (χ1) is 9.63.